The summed E-state index contributed by atoms with van der Waals surface area (Å²) in [6, 6.07) is 65.0. The monoisotopic (exact) mass is 762 g/mol. The van der Waals surface area contributed by atoms with Crippen LogP contribution in [0.1, 0.15) is 0 Å². The van der Waals surface area contributed by atoms with Gasteiger partial charge in [0.05, 0.1) is 11.0 Å². The maximum atomic E-state index is 5.19. The molecule has 4 aromatic heterocycles. The molecule has 0 saturated carbocycles. The Balaban J connectivity index is 1.02. The molecule has 0 atom stereocenters. The maximum Gasteiger partial charge on any atom is 0.164 e. The predicted molar refractivity (Wildman–Crippen MR) is 242 cm³/mol. The largest absolute Gasteiger partial charge is 0.309 e. The van der Waals surface area contributed by atoms with Crippen LogP contribution in [0, 0.1) is 0 Å². The first-order valence-corrected chi connectivity index (χ1v) is 20.6. The summed E-state index contributed by atoms with van der Waals surface area (Å²) in [5, 5.41) is 7.40. The molecule has 12 rings (SSSR count). The van der Waals surface area contributed by atoms with E-state index in [1.165, 1.54) is 67.7 Å². The predicted octanol–water partition coefficient (Wildman–Crippen LogP) is 14.4. The third kappa shape index (κ3) is 5.22. The summed E-state index contributed by atoms with van der Waals surface area (Å²) in [6.45, 7) is 0. The highest BCUT2D eigenvalue weighted by atomic mass is 32.1. The molecular formula is C51H30N4S2. The molecule has 0 saturated heterocycles. The smallest absolute Gasteiger partial charge is 0.164 e. The van der Waals surface area contributed by atoms with Crippen LogP contribution in [0.25, 0.3) is 113 Å². The number of hydrogen-bond donors (Lipinski definition) is 0. The molecule has 4 nitrogen and oxygen atoms in total. The van der Waals surface area contributed by atoms with E-state index in [1.807, 2.05) is 22.7 Å². The molecule has 0 aliphatic heterocycles. The zero-order chi connectivity index (χ0) is 37.5. The number of aromatic nitrogens is 4. The van der Waals surface area contributed by atoms with Crippen molar-refractivity contribution in [2.75, 3.05) is 0 Å². The van der Waals surface area contributed by atoms with Gasteiger partial charge in [0, 0.05) is 79.1 Å². The second-order valence-electron chi connectivity index (χ2n) is 14.4. The lowest BCUT2D eigenvalue weighted by molar-refractivity contribution is 1.08. The minimum Gasteiger partial charge on any atom is -0.309 e. The van der Waals surface area contributed by atoms with E-state index in [4.69, 9.17) is 15.0 Å². The molecule has 4 heterocycles. The molecule has 0 N–H and O–H groups in total. The van der Waals surface area contributed by atoms with Gasteiger partial charge >= 0.3 is 0 Å². The molecule has 0 bridgehead atoms. The summed E-state index contributed by atoms with van der Waals surface area (Å²) in [5.41, 5.74) is 8.69. The number of benzene rings is 8. The zero-order valence-electron chi connectivity index (χ0n) is 30.4. The van der Waals surface area contributed by atoms with Gasteiger partial charge < -0.3 is 4.57 Å². The van der Waals surface area contributed by atoms with Crippen LogP contribution in [0.5, 0.6) is 0 Å². The molecule has 8 aromatic carbocycles. The number of nitrogens with zero attached hydrogens (tertiary/aromatic N) is 4. The van der Waals surface area contributed by atoms with E-state index in [1.54, 1.807) is 0 Å². The van der Waals surface area contributed by atoms with E-state index in [-0.39, 0.29) is 0 Å². The molecule has 0 aliphatic rings. The Bertz CT molecular complexity index is 3390. The molecule has 0 radical (unpaired) electrons. The van der Waals surface area contributed by atoms with Crippen molar-refractivity contribution in [3.63, 3.8) is 0 Å². The highest BCUT2D eigenvalue weighted by Gasteiger charge is 2.18. The summed E-state index contributed by atoms with van der Waals surface area (Å²) in [5.74, 6) is 1.95. The number of fused-ring (bicyclic) bond motifs is 9. The number of thiophene rings is 2. The first-order chi connectivity index (χ1) is 28.2. The second-order valence-corrected chi connectivity index (χ2v) is 16.6. The van der Waals surface area contributed by atoms with Gasteiger partial charge in [0.2, 0.25) is 0 Å². The molecule has 0 amide bonds. The number of hydrogen-bond acceptors (Lipinski definition) is 5. The Morgan fingerprint density at radius 1 is 0.333 bits per heavy atom. The van der Waals surface area contributed by atoms with Gasteiger partial charge in [-0.15, -0.1) is 22.7 Å². The lowest BCUT2D eigenvalue weighted by atomic mass is 10.0. The van der Waals surface area contributed by atoms with Crippen molar-refractivity contribution in [3.8, 4) is 51.0 Å². The average Bonchev–Trinajstić information content (AvgIpc) is 3.96. The zero-order valence-corrected chi connectivity index (χ0v) is 32.1. The van der Waals surface area contributed by atoms with E-state index in [2.05, 4.69) is 187 Å². The van der Waals surface area contributed by atoms with Crippen molar-refractivity contribution in [3.05, 3.63) is 182 Å². The normalized spacial score (nSPS) is 11.9. The molecule has 0 unspecified atom stereocenters. The van der Waals surface area contributed by atoms with Gasteiger partial charge in [0.1, 0.15) is 0 Å². The average molecular weight is 763 g/mol. The van der Waals surface area contributed by atoms with Crippen molar-refractivity contribution in [2.24, 2.45) is 0 Å². The van der Waals surface area contributed by atoms with Crippen molar-refractivity contribution in [1.29, 1.82) is 0 Å². The Morgan fingerprint density at radius 3 is 1.44 bits per heavy atom. The molecule has 266 valence electrons. The quantitative estimate of drug-likeness (QED) is 0.175. The third-order valence-electron chi connectivity index (χ3n) is 11.1. The van der Waals surface area contributed by atoms with Crippen LogP contribution in [-0.2, 0) is 0 Å². The third-order valence-corrected chi connectivity index (χ3v) is 13.4. The van der Waals surface area contributed by atoms with Gasteiger partial charge in [-0.2, -0.15) is 0 Å². The minimum atomic E-state index is 0.642. The van der Waals surface area contributed by atoms with E-state index in [0.29, 0.717) is 17.5 Å². The molecular weight excluding hydrogens is 733 g/mol. The fourth-order valence-electron chi connectivity index (χ4n) is 8.39. The molecule has 0 aliphatic carbocycles. The molecule has 57 heavy (non-hydrogen) atoms. The van der Waals surface area contributed by atoms with Crippen LogP contribution in [-0.4, -0.2) is 19.5 Å². The van der Waals surface area contributed by atoms with E-state index < -0.39 is 0 Å². The van der Waals surface area contributed by atoms with Crippen LogP contribution in [0.2, 0.25) is 0 Å². The summed E-state index contributed by atoms with van der Waals surface area (Å²) in [4.78, 5) is 15.6. The van der Waals surface area contributed by atoms with Crippen molar-refractivity contribution >= 4 is 84.8 Å². The van der Waals surface area contributed by atoms with E-state index in [9.17, 15) is 0 Å². The Morgan fingerprint density at radius 2 is 0.807 bits per heavy atom. The van der Waals surface area contributed by atoms with Crippen molar-refractivity contribution < 1.29 is 0 Å². The highest BCUT2D eigenvalue weighted by molar-refractivity contribution is 7.26. The highest BCUT2D eigenvalue weighted by Crippen LogP contribution is 2.40. The topological polar surface area (TPSA) is 43.6 Å². The molecule has 12 aromatic rings. The van der Waals surface area contributed by atoms with Gasteiger partial charge in [0.15, 0.2) is 17.5 Å². The first-order valence-electron chi connectivity index (χ1n) is 19.0. The van der Waals surface area contributed by atoms with E-state index >= 15 is 0 Å². The fourth-order valence-corrected chi connectivity index (χ4v) is 10.6. The Labute approximate surface area is 335 Å². The van der Waals surface area contributed by atoms with Crippen LogP contribution in [0.15, 0.2) is 182 Å². The number of para-hydroxylation sites is 3. The maximum absolute atomic E-state index is 5.19. The summed E-state index contributed by atoms with van der Waals surface area (Å²) in [6.07, 6.45) is 0. The van der Waals surface area contributed by atoms with Gasteiger partial charge in [-0.3, -0.25) is 0 Å². The summed E-state index contributed by atoms with van der Waals surface area (Å²) >= 11 is 3.63. The number of rotatable bonds is 5. The van der Waals surface area contributed by atoms with Crippen LogP contribution >= 0.6 is 22.7 Å². The molecule has 0 spiro atoms. The lowest BCUT2D eigenvalue weighted by Crippen LogP contribution is -2.00. The Kier molecular flexibility index (Phi) is 7.24. The van der Waals surface area contributed by atoms with Crippen LogP contribution < -0.4 is 0 Å². The second kappa shape index (κ2) is 12.8. The van der Waals surface area contributed by atoms with Gasteiger partial charge in [-0.25, -0.2) is 15.0 Å². The minimum absolute atomic E-state index is 0.642. The first kappa shape index (κ1) is 32.3. The SMILES string of the molecule is c1ccc(-n2c3ccccc3c3cccc(-c4ccc(-c5nc(-c6ccc7sc8ccccc8c7c6)nc(-c6ccc7sc8ccccc8c7c6)n5)cc4)c32)cc1. The summed E-state index contributed by atoms with van der Waals surface area (Å²) < 4.78 is 7.44. The van der Waals surface area contributed by atoms with Gasteiger partial charge in [-0.1, -0.05) is 115 Å². The Hall–Kier alpha value is -6.99. The van der Waals surface area contributed by atoms with Crippen LogP contribution in [0.4, 0.5) is 0 Å². The van der Waals surface area contributed by atoms with Gasteiger partial charge in [0.25, 0.3) is 0 Å². The van der Waals surface area contributed by atoms with Gasteiger partial charge in [-0.05, 0) is 72.3 Å². The van der Waals surface area contributed by atoms with Crippen LogP contribution in [0.3, 0.4) is 0 Å². The fraction of sp³-hybridized carbons (Fsp3) is 0. The standard InChI is InChI=1S/C51H30N4S2/c1-2-11-35(12-3-1)55-43-18-7-4-13-37(43)40-17-10-16-36(48(40)55)31-21-23-32(24-22-31)49-52-50(33-25-27-46-41(29-33)38-14-5-8-19-44(38)56-46)54-51(53-49)34-26-28-47-42(30-34)39-15-6-9-20-45(39)57-47/h1-30H. The molecule has 0 fully saturated rings. The van der Waals surface area contributed by atoms with Crippen molar-refractivity contribution in [2.45, 2.75) is 0 Å². The lowest BCUT2D eigenvalue weighted by Gasteiger charge is -2.12. The van der Waals surface area contributed by atoms with Crippen molar-refractivity contribution in [1.82, 2.24) is 19.5 Å². The van der Waals surface area contributed by atoms with E-state index in [0.717, 1.165) is 27.9 Å². The summed E-state index contributed by atoms with van der Waals surface area (Å²) in [7, 11) is 0. The molecule has 6 heteroatoms.